The van der Waals surface area contributed by atoms with Gasteiger partial charge in [-0.25, -0.2) is 0 Å². The third kappa shape index (κ3) is 3.89. The van der Waals surface area contributed by atoms with E-state index >= 15 is 0 Å². The highest BCUT2D eigenvalue weighted by molar-refractivity contribution is 5.51. The average Bonchev–Trinajstić information content (AvgIpc) is 2.45. The van der Waals surface area contributed by atoms with Gasteiger partial charge in [0.15, 0.2) is 11.5 Å². The number of ether oxygens (including phenoxy) is 3. The highest BCUT2D eigenvalue weighted by Gasteiger charge is 2.17. The molecule has 0 bridgehead atoms. The maximum atomic E-state index is 10.2. The molecule has 0 aromatic heterocycles. The Hall–Kier alpha value is -1.68. The molecule has 0 amide bonds. The summed E-state index contributed by atoms with van der Waals surface area (Å²) >= 11 is 0. The SMILES string of the molecule is C=CCCCC(O)c1cc(OC)c(OC)cc1OC. The number of rotatable bonds is 8. The van der Waals surface area contributed by atoms with E-state index in [0.29, 0.717) is 29.2 Å². The van der Waals surface area contributed by atoms with Crippen molar-refractivity contribution in [2.45, 2.75) is 25.4 Å². The monoisotopic (exact) mass is 266 g/mol. The summed E-state index contributed by atoms with van der Waals surface area (Å²) in [5, 5.41) is 10.2. The van der Waals surface area contributed by atoms with Crippen molar-refractivity contribution in [3.8, 4) is 17.2 Å². The third-order valence-electron chi connectivity index (χ3n) is 2.98. The van der Waals surface area contributed by atoms with Gasteiger partial charge in [-0.15, -0.1) is 6.58 Å². The Bertz CT molecular complexity index is 415. The summed E-state index contributed by atoms with van der Waals surface area (Å²) in [6, 6.07) is 3.49. The smallest absolute Gasteiger partial charge is 0.164 e. The Kier molecular flexibility index (Phi) is 6.22. The Morgan fingerprint density at radius 2 is 1.68 bits per heavy atom. The van der Waals surface area contributed by atoms with Crippen molar-refractivity contribution in [1.82, 2.24) is 0 Å². The van der Waals surface area contributed by atoms with Gasteiger partial charge in [0.2, 0.25) is 0 Å². The van der Waals surface area contributed by atoms with Gasteiger partial charge in [0, 0.05) is 11.6 Å². The number of aliphatic hydroxyl groups excluding tert-OH is 1. The van der Waals surface area contributed by atoms with Crippen LogP contribution in [0.15, 0.2) is 24.8 Å². The van der Waals surface area contributed by atoms with E-state index in [-0.39, 0.29) is 0 Å². The van der Waals surface area contributed by atoms with Crippen molar-refractivity contribution in [2.24, 2.45) is 0 Å². The lowest BCUT2D eigenvalue weighted by Gasteiger charge is -2.17. The molecule has 1 unspecified atom stereocenters. The summed E-state index contributed by atoms with van der Waals surface area (Å²) in [7, 11) is 4.71. The molecule has 0 spiro atoms. The molecule has 0 saturated carbocycles. The van der Waals surface area contributed by atoms with Crippen LogP contribution < -0.4 is 14.2 Å². The van der Waals surface area contributed by atoms with Gasteiger partial charge < -0.3 is 19.3 Å². The van der Waals surface area contributed by atoms with Crippen molar-refractivity contribution in [3.05, 3.63) is 30.4 Å². The standard InChI is InChI=1S/C15H22O4/c1-5-6-7-8-12(16)11-9-14(18-3)15(19-4)10-13(11)17-2/h5,9-10,12,16H,1,6-8H2,2-4H3. The maximum absolute atomic E-state index is 10.2. The van der Waals surface area contributed by atoms with Crippen LogP contribution in [0.25, 0.3) is 0 Å². The summed E-state index contributed by atoms with van der Waals surface area (Å²) < 4.78 is 15.8. The van der Waals surface area contributed by atoms with Crippen LogP contribution in [0.3, 0.4) is 0 Å². The summed E-state index contributed by atoms with van der Waals surface area (Å²) in [4.78, 5) is 0. The van der Waals surface area contributed by atoms with E-state index in [2.05, 4.69) is 6.58 Å². The van der Waals surface area contributed by atoms with E-state index in [1.807, 2.05) is 6.08 Å². The first-order valence-electron chi connectivity index (χ1n) is 6.26. The van der Waals surface area contributed by atoms with E-state index in [1.165, 1.54) is 0 Å². The number of allylic oxidation sites excluding steroid dienone is 1. The summed E-state index contributed by atoms with van der Waals surface area (Å²) in [6.07, 6.45) is 3.67. The van der Waals surface area contributed by atoms with Crippen molar-refractivity contribution >= 4 is 0 Å². The molecule has 1 rings (SSSR count). The van der Waals surface area contributed by atoms with Crippen molar-refractivity contribution < 1.29 is 19.3 Å². The summed E-state index contributed by atoms with van der Waals surface area (Å²) in [5.41, 5.74) is 0.712. The second kappa shape index (κ2) is 7.69. The maximum Gasteiger partial charge on any atom is 0.164 e. The van der Waals surface area contributed by atoms with Crippen molar-refractivity contribution in [2.75, 3.05) is 21.3 Å². The van der Waals surface area contributed by atoms with Crippen LogP contribution >= 0.6 is 0 Å². The normalized spacial score (nSPS) is 11.8. The first-order valence-corrected chi connectivity index (χ1v) is 6.26. The van der Waals surface area contributed by atoms with Crippen LogP contribution in [0.1, 0.15) is 30.9 Å². The van der Waals surface area contributed by atoms with Crippen LogP contribution in [0, 0.1) is 0 Å². The molecule has 0 fully saturated rings. The Labute approximate surface area is 114 Å². The minimum atomic E-state index is -0.588. The van der Waals surface area contributed by atoms with Gasteiger partial charge in [0.25, 0.3) is 0 Å². The molecule has 0 saturated heterocycles. The minimum Gasteiger partial charge on any atom is -0.496 e. The first-order chi connectivity index (χ1) is 9.17. The van der Waals surface area contributed by atoms with E-state index in [4.69, 9.17) is 14.2 Å². The molecule has 0 aliphatic heterocycles. The highest BCUT2D eigenvalue weighted by Crippen LogP contribution is 2.38. The van der Waals surface area contributed by atoms with Gasteiger partial charge in [0.05, 0.1) is 27.4 Å². The lowest BCUT2D eigenvalue weighted by atomic mass is 10.0. The molecule has 1 aromatic carbocycles. The molecule has 0 radical (unpaired) electrons. The Morgan fingerprint density at radius 3 is 2.21 bits per heavy atom. The van der Waals surface area contributed by atoms with Crippen molar-refractivity contribution in [1.29, 1.82) is 0 Å². The number of benzene rings is 1. The van der Waals surface area contributed by atoms with Gasteiger partial charge in [-0.05, 0) is 25.3 Å². The molecule has 0 heterocycles. The predicted octanol–water partition coefficient (Wildman–Crippen LogP) is 3.10. The second-order valence-corrected chi connectivity index (χ2v) is 4.18. The molecule has 4 heteroatoms. The topological polar surface area (TPSA) is 47.9 Å². The van der Waals surface area contributed by atoms with Crippen LogP contribution in [0.5, 0.6) is 17.2 Å². The molecule has 1 N–H and O–H groups in total. The molecule has 0 aliphatic carbocycles. The highest BCUT2D eigenvalue weighted by atomic mass is 16.5. The van der Waals surface area contributed by atoms with Crippen LogP contribution in [0.2, 0.25) is 0 Å². The zero-order chi connectivity index (χ0) is 14.3. The molecular formula is C15H22O4. The molecule has 19 heavy (non-hydrogen) atoms. The number of methoxy groups -OCH3 is 3. The molecular weight excluding hydrogens is 244 g/mol. The van der Waals surface area contributed by atoms with E-state index in [1.54, 1.807) is 33.5 Å². The van der Waals surface area contributed by atoms with E-state index < -0.39 is 6.10 Å². The lowest BCUT2D eigenvalue weighted by molar-refractivity contribution is 0.160. The molecule has 106 valence electrons. The number of hydrogen-bond acceptors (Lipinski definition) is 4. The zero-order valence-corrected chi connectivity index (χ0v) is 11.8. The Balaban J connectivity index is 3.00. The largest absolute Gasteiger partial charge is 0.496 e. The van der Waals surface area contributed by atoms with Gasteiger partial charge >= 0.3 is 0 Å². The molecule has 1 aromatic rings. The second-order valence-electron chi connectivity index (χ2n) is 4.18. The average molecular weight is 266 g/mol. The zero-order valence-electron chi connectivity index (χ0n) is 11.8. The molecule has 1 atom stereocenters. The fourth-order valence-electron chi connectivity index (χ4n) is 1.92. The van der Waals surface area contributed by atoms with Crippen molar-refractivity contribution in [3.63, 3.8) is 0 Å². The number of aliphatic hydroxyl groups is 1. The van der Waals surface area contributed by atoms with Crippen LogP contribution in [-0.2, 0) is 0 Å². The molecule has 0 aliphatic rings. The predicted molar refractivity (Wildman–Crippen MR) is 75.1 cm³/mol. The van der Waals surface area contributed by atoms with Gasteiger partial charge in [-0.3, -0.25) is 0 Å². The molecule has 4 nitrogen and oxygen atoms in total. The first kappa shape index (κ1) is 15.4. The van der Waals surface area contributed by atoms with Gasteiger partial charge in [-0.2, -0.15) is 0 Å². The van der Waals surface area contributed by atoms with Gasteiger partial charge in [-0.1, -0.05) is 6.08 Å². The quantitative estimate of drug-likeness (QED) is 0.580. The third-order valence-corrected chi connectivity index (χ3v) is 2.98. The van der Waals surface area contributed by atoms with Crippen LogP contribution in [0.4, 0.5) is 0 Å². The summed E-state index contributed by atoms with van der Waals surface area (Å²) in [6.45, 7) is 3.67. The minimum absolute atomic E-state index is 0.584. The van der Waals surface area contributed by atoms with Gasteiger partial charge in [0.1, 0.15) is 5.75 Å². The summed E-state index contributed by atoms with van der Waals surface area (Å²) in [5.74, 6) is 1.77. The van der Waals surface area contributed by atoms with E-state index in [0.717, 1.165) is 12.8 Å². The number of unbranched alkanes of at least 4 members (excludes halogenated alkanes) is 1. The fourth-order valence-corrected chi connectivity index (χ4v) is 1.92. The number of hydrogen-bond donors (Lipinski definition) is 1. The Morgan fingerprint density at radius 1 is 1.11 bits per heavy atom. The fraction of sp³-hybridized carbons (Fsp3) is 0.467. The lowest BCUT2D eigenvalue weighted by Crippen LogP contribution is -2.03. The van der Waals surface area contributed by atoms with E-state index in [9.17, 15) is 5.11 Å². The van der Waals surface area contributed by atoms with Crippen LogP contribution in [-0.4, -0.2) is 26.4 Å².